The summed E-state index contributed by atoms with van der Waals surface area (Å²) in [6, 6.07) is 13.6. The fraction of sp³-hybridized carbons (Fsp3) is 0.250. The van der Waals surface area contributed by atoms with Gasteiger partial charge in [-0.3, -0.25) is 4.79 Å². The Kier molecular flexibility index (Phi) is 5.02. The number of para-hydroxylation sites is 2. The van der Waals surface area contributed by atoms with Gasteiger partial charge in [0.05, 0.1) is 18.0 Å². The average molecular weight is 352 g/mol. The van der Waals surface area contributed by atoms with Crippen molar-refractivity contribution in [2.75, 3.05) is 6.61 Å². The first-order valence-corrected chi connectivity index (χ1v) is 8.48. The number of carbonyl (C=O) groups excluding carboxylic acids is 1. The number of rotatable bonds is 5. The normalized spacial score (nSPS) is 10.9. The third kappa shape index (κ3) is 3.31. The van der Waals surface area contributed by atoms with Gasteiger partial charge in [-0.1, -0.05) is 30.3 Å². The van der Waals surface area contributed by atoms with Crippen LogP contribution >= 0.6 is 0 Å². The van der Waals surface area contributed by atoms with E-state index in [9.17, 15) is 9.59 Å². The van der Waals surface area contributed by atoms with Crippen molar-refractivity contribution in [3.8, 4) is 11.5 Å². The van der Waals surface area contributed by atoms with Crippen molar-refractivity contribution in [2.45, 2.75) is 26.8 Å². The summed E-state index contributed by atoms with van der Waals surface area (Å²) < 4.78 is 12.3. The fourth-order valence-corrected chi connectivity index (χ4v) is 2.66. The molecule has 6 heteroatoms. The molecule has 0 saturated heterocycles. The van der Waals surface area contributed by atoms with Crippen LogP contribution in [-0.2, 0) is 0 Å². The first kappa shape index (κ1) is 17.7. The second-order valence-electron chi connectivity index (χ2n) is 6.01. The van der Waals surface area contributed by atoms with Gasteiger partial charge in [-0.25, -0.2) is 9.48 Å². The molecule has 0 atom stereocenters. The van der Waals surface area contributed by atoms with Crippen LogP contribution in [0.4, 0.5) is 0 Å². The fourth-order valence-electron chi connectivity index (χ4n) is 2.66. The van der Waals surface area contributed by atoms with E-state index in [-0.39, 0.29) is 17.3 Å². The zero-order valence-electron chi connectivity index (χ0n) is 14.9. The lowest BCUT2D eigenvalue weighted by molar-refractivity contribution is 0.0721. The number of benzene rings is 2. The summed E-state index contributed by atoms with van der Waals surface area (Å²) in [4.78, 5) is 25.4. The van der Waals surface area contributed by atoms with Crippen molar-refractivity contribution < 1.29 is 14.3 Å². The highest BCUT2D eigenvalue weighted by Gasteiger charge is 2.20. The van der Waals surface area contributed by atoms with Gasteiger partial charge in [0.1, 0.15) is 0 Å². The minimum absolute atomic E-state index is 0.0974. The Labute approximate surface area is 151 Å². The van der Waals surface area contributed by atoms with Gasteiger partial charge in [0, 0.05) is 5.39 Å². The Hall–Kier alpha value is -3.15. The Morgan fingerprint density at radius 1 is 1.04 bits per heavy atom. The summed E-state index contributed by atoms with van der Waals surface area (Å²) in [5.74, 6) is 0.153. The minimum atomic E-state index is -0.636. The molecule has 3 rings (SSSR count). The minimum Gasteiger partial charge on any atom is -0.490 e. The predicted octanol–water partition coefficient (Wildman–Crippen LogP) is 3.60. The largest absolute Gasteiger partial charge is 0.490 e. The molecule has 0 aliphatic rings. The summed E-state index contributed by atoms with van der Waals surface area (Å²) in [6.45, 7) is 5.98. The molecule has 0 unspecified atom stereocenters. The third-order valence-corrected chi connectivity index (χ3v) is 3.86. The highest BCUT2D eigenvalue weighted by molar-refractivity contribution is 6.03. The number of ether oxygens (including phenoxy) is 2. The molecule has 3 aromatic rings. The first-order valence-electron chi connectivity index (χ1n) is 8.48. The molecule has 1 aromatic heterocycles. The van der Waals surface area contributed by atoms with Crippen LogP contribution in [0.1, 0.15) is 37.3 Å². The molecule has 134 valence electrons. The first-order chi connectivity index (χ1) is 12.5. The molecule has 1 heterocycles. The molecular formula is C20H20N2O4. The topological polar surface area (TPSA) is 70.4 Å². The lowest BCUT2D eigenvalue weighted by atomic mass is 10.1. The summed E-state index contributed by atoms with van der Waals surface area (Å²) in [5.41, 5.74) is -0.137. The van der Waals surface area contributed by atoms with E-state index in [1.807, 2.05) is 20.8 Å². The smallest absolute Gasteiger partial charge is 0.364 e. The molecule has 2 aromatic carbocycles. The molecule has 0 N–H and O–H groups in total. The maximum atomic E-state index is 12.8. The molecule has 0 fully saturated rings. The van der Waals surface area contributed by atoms with Gasteiger partial charge in [-0.15, -0.1) is 0 Å². The summed E-state index contributed by atoms with van der Waals surface area (Å²) in [5, 5.41) is 5.16. The van der Waals surface area contributed by atoms with Crippen LogP contribution in [0.5, 0.6) is 11.5 Å². The van der Waals surface area contributed by atoms with Crippen molar-refractivity contribution in [2.24, 2.45) is 0 Å². The Balaban J connectivity index is 2.09. The van der Waals surface area contributed by atoms with E-state index in [2.05, 4.69) is 5.10 Å². The van der Waals surface area contributed by atoms with Crippen molar-refractivity contribution in [1.29, 1.82) is 0 Å². The van der Waals surface area contributed by atoms with Gasteiger partial charge < -0.3 is 9.47 Å². The van der Waals surface area contributed by atoms with E-state index in [0.717, 1.165) is 0 Å². The van der Waals surface area contributed by atoms with Crippen molar-refractivity contribution in [3.05, 3.63) is 64.6 Å². The predicted molar refractivity (Wildman–Crippen MR) is 99.0 cm³/mol. The third-order valence-electron chi connectivity index (χ3n) is 3.86. The monoisotopic (exact) mass is 352 g/mol. The zero-order chi connectivity index (χ0) is 18.7. The van der Waals surface area contributed by atoms with Crippen LogP contribution in [0.2, 0.25) is 0 Å². The Morgan fingerprint density at radius 2 is 1.65 bits per heavy atom. The summed E-state index contributed by atoms with van der Waals surface area (Å²) in [7, 11) is 0. The maximum absolute atomic E-state index is 12.8. The number of hydrogen-bond donors (Lipinski definition) is 0. The van der Waals surface area contributed by atoms with Crippen LogP contribution in [-0.4, -0.2) is 22.4 Å². The molecule has 6 nitrogen and oxygen atoms in total. The SMILES string of the molecule is CCOc1ccccc1OC(=O)c1nn(C(C)C)c(=O)c2ccccc12. The van der Waals surface area contributed by atoms with Crippen molar-refractivity contribution in [3.63, 3.8) is 0 Å². The van der Waals surface area contributed by atoms with Crippen molar-refractivity contribution in [1.82, 2.24) is 9.78 Å². The average Bonchev–Trinajstić information content (AvgIpc) is 2.63. The standard InChI is InChI=1S/C20H20N2O4/c1-4-25-16-11-7-8-12-17(16)26-20(24)18-14-9-5-6-10-15(14)19(23)22(21-18)13(2)3/h5-13H,4H2,1-3H3. The van der Waals surface area contributed by atoms with Gasteiger partial charge in [0.2, 0.25) is 0 Å². The number of hydrogen-bond acceptors (Lipinski definition) is 5. The number of nitrogens with zero attached hydrogens (tertiary/aromatic N) is 2. The number of aromatic nitrogens is 2. The van der Waals surface area contributed by atoms with Gasteiger partial charge in [0.25, 0.3) is 5.56 Å². The summed E-state index contributed by atoms with van der Waals surface area (Å²) >= 11 is 0. The van der Waals surface area contributed by atoms with E-state index < -0.39 is 5.97 Å². The molecular weight excluding hydrogens is 332 g/mol. The molecule has 0 aliphatic heterocycles. The highest BCUT2D eigenvalue weighted by Crippen LogP contribution is 2.27. The summed E-state index contributed by atoms with van der Waals surface area (Å²) in [6.07, 6.45) is 0. The van der Waals surface area contributed by atoms with E-state index in [1.54, 1.807) is 48.5 Å². The number of esters is 1. The van der Waals surface area contributed by atoms with Crippen LogP contribution in [0.25, 0.3) is 10.8 Å². The quantitative estimate of drug-likeness (QED) is 0.518. The Bertz CT molecular complexity index is 1010. The Morgan fingerprint density at radius 3 is 2.31 bits per heavy atom. The molecule has 0 bridgehead atoms. The molecule has 0 radical (unpaired) electrons. The van der Waals surface area contributed by atoms with E-state index in [1.165, 1.54) is 4.68 Å². The van der Waals surface area contributed by atoms with Gasteiger partial charge in [-0.05, 0) is 39.0 Å². The lowest BCUT2D eigenvalue weighted by Gasteiger charge is -2.14. The van der Waals surface area contributed by atoms with Crippen LogP contribution in [0.3, 0.4) is 0 Å². The lowest BCUT2D eigenvalue weighted by Crippen LogP contribution is -2.28. The number of carbonyl (C=O) groups is 1. The zero-order valence-corrected chi connectivity index (χ0v) is 14.9. The van der Waals surface area contributed by atoms with Crippen LogP contribution in [0, 0.1) is 0 Å². The molecule has 0 aliphatic carbocycles. The molecule has 0 saturated carbocycles. The van der Waals surface area contributed by atoms with Gasteiger partial charge >= 0.3 is 5.97 Å². The number of fused-ring (bicyclic) bond motifs is 1. The van der Waals surface area contributed by atoms with Crippen molar-refractivity contribution >= 4 is 16.7 Å². The highest BCUT2D eigenvalue weighted by atomic mass is 16.6. The second kappa shape index (κ2) is 7.39. The van der Waals surface area contributed by atoms with Gasteiger partial charge in [-0.2, -0.15) is 5.10 Å². The van der Waals surface area contributed by atoms with Crippen LogP contribution < -0.4 is 15.0 Å². The van der Waals surface area contributed by atoms with E-state index in [4.69, 9.17) is 9.47 Å². The van der Waals surface area contributed by atoms with Gasteiger partial charge in [0.15, 0.2) is 17.2 Å². The van der Waals surface area contributed by atoms with E-state index in [0.29, 0.717) is 28.9 Å². The second-order valence-corrected chi connectivity index (χ2v) is 6.01. The maximum Gasteiger partial charge on any atom is 0.364 e. The molecule has 0 spiro atoms. The van der Waals surface area contributed by atoms with E-state index >= 15 is 0 Å². The van der Waals surface area contributed by atoms with Crippen LogP contribution in [0.15, 0.2) is 53.3 Å². The molecule has 26 heavy (non-hydrogen) atoms. The molecule has 0 amide bonds.